The molecule has 1 aliphatic rings. The van der Waals surface area contributed by atoms with Crippen LogP contribution in [0.15, 0.2) is 48.5 Å². The van der Waals surface area contributed by atoms with Gasteiger partial charge in [0.2, 0.25) is 11.8 Å². The van der Waals surface area contributed by atoms with E-state index in [0.717, 1.165) is 27.8 Å². The van der Waals surface area contributed by atoms with E-state index in [1.165, 1.54) is 11.8 Å². The summed E-state index contributed by atoms with van der Waals surface area (Å²) >= 11 is 1.29. The number of nitrogens with one attached hydrogen (secondary N) is 2. The van der Waals surface area contributed by atoms with Gasteiger partial charge in [-0.15, -0.1) is 18.2 Å². The van der Waals surface area contributed by atoms with Crippen molar-refractivity contribution in [2.24, 2.45) is 0 Å². The van der Waals surface area contributed by atoms with E-state index in [2.05, 4.69) is 16.6 Å². The van der Waals surface area contributed by atoms with Crippen molar-refractivity contribution in [2.45, 2.75) is 69.0 Å². The zero-order chi connectivity index (χ0) is 32.4. The summed E-state index contributed by atoms with van der Waals surface area (Å²) < 4.78 is 5.94. The first-order valence-electron chi connectivity index (χ1n) is 14.6. The number of terminal acetylenes is 1. The van der Waals surface area contributed by atoms with Gasteiger partial charge in [0, 0.05) is 19.5 Å². The lowest BCUT2D eigenvalue weighted by molar-refractivity contribution is -0.200. The molecule has 5 N–H and O–H groups in total. The minimum atomic E-state index is -1.30. The smallest absolute Gasteiger partial charge is 0.245 e. The minimum Gasteiger partial charge on any atom is -0.387 e. The molecule has 1 aliphatic heterocycles. The number of hydrogen-bond acceptors (Lipinski definition) is 8. The Morgan fingerprint density at radius 3 is 2.48 bits per heavy atom. The molecule has 0 aliphatic carbocycles. The standard InChI is InChI=1S/C34H45N3O6S/c1-7-18-37(5)19-17-35-33(42)34(3,4)36-27(38)10-8-9-23-12-14-24(15-13-23)20-26-21-25(16-11-22(26)2)31-29(40)28(39)30(41)32(43-31)44-6/h1,8-9,11-16,21,28-32,39-41H,10,17-20H2,2-6H3,(H,35,42)(H,36,38)/b9-8+/t28-,29-,30+,31+,32-/m1/s1. The fourth-order valence-electron chi connectivity index (χ4n) is 4.92. The number of aryl methyl sites for hydroxylation is 1. The van der Waals surface area contributed by atoms with Gasteiger partial charge in [0.05, 0.1) is 6.54 Å². The Kier molecular flexibility index (Phi) is 13.0. The normalized spacial score (nSPS) is 22.1. The molecular formula is C34H45N3O6S. The highest BCUT2D eigenvalue weighted by atomic mass is 32.2. The fourth-order valence-corrected chi connectivity index (χ4v) is 5.59. The zero-order valence-electron chi connectivity index (χ0n) is 26.1. The van der Waals surface area contributed by atoms with Crippen molar-refractivity contribution in [3.63, 3.8) is 0 Å². The maximum absolute atomic E-state index is 12.5. The van der Waals surface area contributed by atoms with Gasteiger partial charge >= 0.3 is 0 Å². The lowest BCUT2D eigenvalue weighted by atomic mass is 9.91. The largest absolute Gasteiger partial charge is 0.387 e. The molecular weight excluding hydrogens is 578 g/mol. The van der Waals surface area contributed by atoms with Gasteiger partial charge in [-0.2, -0.15) is 0 Å². The summed E-state index contributed by atoms with van der Waals surface area (Å²) in [5.74, 6) is 2.04. The Hall–Kier alpha value is -3.17. The maximum Gasteiger partial charge on any atom is 0.245 e. The number of hydrogen-bond donors (Lipinski definition) is 5. The summed E-state index contributed by atoms with van der Waals surface area (Å²) in [5.41, 5.74) is 3.23. The van der Waals surface area contributed by atoms with Gasteiger partial charge in [0.25, 0.3) is 0 Å². The number of aliphatic hydroxyl groups excluding tert-OH is 3. The second-order valence-electron chi connectivity index (χ2n) is 11.7. The van der Waals surface area contributed by atoms with E-state index in [1.807, 2.05) is 67.4 Å². The Morgan fingerprint density at radius 2 is 1.82 bits per heavy atom. The highest BCUT2D eigenvalue weighted by molar-refractivity contribution is 7.99. The first kappa shape index (κ1) is 35.3. The molecule has 9 nitrogen and oxygen atoms in total. The molecule has 44 heavy (non-hydrogen) atoms. The van der Waals surface area contributed by atoms with Crippen LogP contribution in [0.1, 0.15) is 54.2 Å². The Labute approximate surface area is 265 Å². The Morgan fingerprint density at radius 1 is 1.11 bits per heavy atom. The highest BCUT2D eigenvalue weighted by Crippen LogP contribution is 2.36. The topological polar surface area (TPSA) is 131 Å². The molecule has 0 unspecified atom stereocenters. The van der Waals surface area contributed by atoms with Crippen molar-refractivity contribution in [3.8, 4) is 12.3 Å². The zero-order valence-corrected chi connectivity index (χ0v) is 26.9. The van der Waals surface area contributed by atoms with Gasteiger partial charge in [-0.3, -0.25) is 14.5 Å². The number of rotatable bonds is 13. The van der Waals surface area contributed by atoms with Crippen LogP contribution in [-0.4, -0.2) is 94.3 Å². The van der Waals surface area contributed by atoms with Crippen LogP contribution in [0.5, 0.6) is 0 Å². The summed E-state index contributed by atoms with van der Waals surface area (Å²) in [6.07, 6.45) is 7.06. The lowest BCUT2D eigenvalue weighted by Gasteiger charge is -2.40. The molecule has 1 fully saturated rings. The fraction of sp³-hybridized carbons (Fsp3) is 0.471. The summed E-state index contributed by atoms with van der Waals surface area (Å²) in [6, 6.07) is 13.8. The first-order chi connectivity index (χ1) is 20.9. The van der Waals surface area contributed by atoms with Crippen molar-refractivity contribution in [1.29, 1.82) is 0 Å². The van der Waals surface area contributed by atoms with Crippen molar-refractivity contribution < 1.29 is 29.6 Å². The molecule has 5 atom stereocenters. The number of thioether (sulfide) groups is 1. The molecule has 2 amide bonds. The number of nitrogens with zero attached hydrogens (tertiary/aromatic N) is 1. The van der Waals surface area contributed by atoms with Crippen LogP contribution >= 0.6 is 11.8 Å². The Balaban J connectivity index is 1.54. The number of benzene rings is 2. The van der Waals surface area contributed by atoms with Crippen LogP contribution in [0.4, 0.5) is 0 Å². The van der Waals surface area contributed by atoms with Crippen molar-refractivity contribution in [1.82, 2.24) is 15.5 Å². The van der Waals surface area contributed by atoms with Crippen molar-refractivity contribution in [2.75, 3.05) is 32.9 Å². The molecule has 2 aromatic rings. The van der Waals surface area contributed by atoms with E-state index in [1.54, 1.807) is 26.2 Å². The second-order valence-corrected chi connectivity index (χ2v) is 12.7. The molecule has 10 heteroatoms. The molecule has 1 heterocycles. The molecule has 0 radical (unpaired) electrons. The average Bonchev–Trinajstić information content (AvgIpc) is 2.98. The van der Waals surface area contributed by atoms with Gasteiger partial charge in [-0.1, -0.05) is 60.5 Å². The number of carbonyl (C=O) groups is 2. The van der Waals surface area contributed by atoms with E-state index >= 15 is 0 Å². The predicted molar refractivity (Wildman–Crippen MR) is 175 cm³/mol. The van der Waals surface area contributed by atoms with Crippen LogP contribution < -0.4 is 10.6 Å². The molecule has 1 saturated heterocycles. The molecule has 3 rings (SSSR count). The third-order valence-electron chi connectivity index (χ3n) is 7.65. The van der Waals surface area contributed by atoms with E-state index in [-0.39, 0.29) is 18.2 Å². The number of aliphatic hydroxyl groups is 3. The monoisotopic (exact) mass is 623 g/mol. The maximum atomic E-state index is 12.5. The van der Waals surface area contributed by atoms with Crippen molar-refractivity contribution in [3.05, 3.63) is 76.4 Å². The molecule has 2 aromatic carbocycles. The van der Waals surface area contributed by atoms with E-state index in [4.69, 9.17) is 11.2 Å². The number of likely N-dealkylation sites (N-methyl/N-ethyl adjacent to an activating group) is 1. The van der Waals surface area contributed by atoms with Crippen LogP contribution in [0.3, 0.4) is 0 Å². The van der Waals surface area contributed by atoms with Gasteiger partial charge in [0.15, 0.2) is 0 Å². The van der Waals surface area contributed by atoms with Crippen LogP contribution in [0, 0.1) is 19.3 Å². The van der Waals surface area contributed by atoms with E-state index in [9.17, 15) is 24.9 Å². The van der Waals surface area contributed by atoms with Crippen molar-refractivity contribution >= 4 is 29.7 Å². The average molecular weight is 624 g/mol. The third kappa shape index (κ3) is 9.66. The van der Waals surface area contributed by atoms with Gasteiger partial charge < -0.3 is 30.7 Å². The highest BCUT2D eigenvalue weighted by Gasteiger charge is 2.44. The summed E-state index contributed by atoms with van der Waals surface area (Å²) in [7, 11) is 1.88. The van der Waals surface area contributed by atoms with Crippen LogP contribution in [-0.2, 0) is 20.7 Å². The number of ether oxygens (including phenoxy) is 1. The quantitative estimate of drug-likeness (QED) is 0.215. The van der Waals surface area contributed by atoms with Crippen LogP contribution in [0.2, 0.25) is 0 Å². The second kappa shape index (κ2) is 16.2. The number of amides is 2. The first-order valence-corrected chi connectivity index (χ1v) is 15.9. The molecule has 0 saturated carbocycles. The Bertz CT molecular complexity index is 1340. The van der Waals surface area contributed by atoms with Gasteiger partial charge in [-0.05, 0) is 68.3 Å². The lowest BCUT2D eigenvalue weighted by Crippen LogP contribution is -2.55. The molecule has 238 valence electrons. The summed E-state index contributed by atoms with van der Waals surface area (Å²) in [6.45, 7) is 6.91. The van der Waals surface area contributed by atoms with Gasteiger partial charge in [0.1, 0.15) is 35.4 Å². The summed E-state index contributed by atoms with van der Waals surface area (Å²) in [5, 5.41) is 36.8. The number of carbonyl (C=O) groups excluding carboxylic acids is 2. The molecule has 0 aromatic heterocycles. The summed E-state index contributed by atoms with van der Waals surface area (Å²) in [4.78, 5) is 27.0. The molecule has 0 spiro atoms. The minimum absolute atomic E-state index is 0.133. The third-order valence-corrected chi connectivity index (χ3v) is 8.51. The van der Waals surface area contributed by atoms with Crippen LogP contribution in [0.25, 0.3) is 6.08 Å². The van der Waals surface area contributed by atoms with E-state index < -0.39 is 35.4 Å². The molecule has 0 bridgehead atoms. The van der Waals surface area contributed by atoms with Gasteiger partial charge in [-0.25, -0.2) is 0 Å². The predicted octanol–water partition coefficient (Wildman–Crippen LogP) is 2.41. The SMILES string of the molecule is C#CCN(C)CCNC(=O)C(C)(C)NC(=O)C/C=C/c1ccc(Cc2cc([C@@H]3O[C@H](SC)[C@@H](O)[C@H](O)[C@H]3O)ccc2C)cc1. The van der Waals surface area contributed by atoms with E-state index in [0.29, 0.717) is 26.1 Å².